The summed E-state index contributed by atoms with van der Waals surface area (Å²) < 4.78 is 5.33. The van der Waals surface area contributed by atoms with Crippen molar-refractivity contribution in [2.45, 2.75) is 6.42 Å². The van der Waals surface area contributed by atoms with E-state index in [0.29, 0.717) is 11.5 Å². The van der Waals surface area contributed by atoms with Crippen LogP contribution in [0.1, 0.15) is 16.1 Å². The molecule has 0 radical (unpaired) electrons. The molecular weight excluding hydrogens is 346 g/mol. The lowest BCUT2D eigenvalue weighted by Crippen LogP contribution is -2.49. The Hall–Kier alpha value is -2.44. The maximum absolute atomic E-state index is 12.7. The number of carbonyl (C=O) groups is 1. The summed E-state index contributed by atoms with van der Waals surface area (Å²) >= 11 is 1.58. The van der Waals surface area contributed by atoms with Gasteiger partial charge in [-0.15, -0.1) is 11.3 Å². The lowest BCUT2D eigenvalue weighted by atomic mass is 10.1. The van der Waals surface area contributed by atoms with Gasteiger partial charge >= 0.3 is 0 Å². The number of hydrogen-bond donors (Lipinski definition) is 0. The number of benzene rings is 1. The first-order valence-electron chi connectivity index (χ1n) is 8.86. The molecule has 1 aromatic carbocycles. The zero-order valence-electron chi connectivity index (χ0n) is 14.5. The Kier molecular flexibility index (Phi) is 5.13. The highest BCUT2D eigenvalue weighted by Gasteiger charge is 2.24. The Morgan fingerprint density at radius 1 is 1.08 bits per heavy atom. The number of amides is 1. The van der Waals surface area contributed by atoms with E-state index in [4.69, 9.17) is 4.52 Å². The molecule has 6 heteroatoms. The molecular formula is C20H21N3O2S. The predicted octanol–water partition coefficient (Wildman–Crippen LogP) is 3.40. The van der Waals surface area contributed by atoms with Crippen LogP contribution in [0.15, 0.2) is 58.4 Å². The second kappa shape index (κ2) is 7.85. The smallest absolute Gasteiger partial charge is 0.276 e. The van der Waals surface area contributed by atoms with Gasteiger partial charge in [-0.2, -0.15) is 0 Å². The third-order valence-corrected chi connectivity index (χ3v) is 5.60. The minimum atomic E-state index is -0.0423. The molecule has 2 aromatic heterocycles. The molecule has 134 valence electrons. The molecule has 0 unspecified atom stereocenters. The average molecular weight is 367 g/mol. The minimum absolute atomic E-state index is 0.0423. The van der Waals surface area contributed by atoms with Crippen LogP contribution in [-0.2, 0) is 6.42 Å². The fourth-order valence-corrected chi connectivity index (χ4v) is 3.85. The number of piperazine rings is 1. The quantitative estimate of drug-likeness (QED) is 0.693. The molecule has 4 rings (SSSR count). The first kappa shape index (κ1) is 17.0. The molecule has 0 spiro atoms. The van der Waals surface area contributed by atoms with Crippen molar-refractivity contribution in [3.05, 3.63) is 65.2 Å². The lowest BCUT2D eigenvalue weighted by molar-refractivity contribution is 0.0628. The van der Waals surface area contributed by atoms with E-state index in [-0.39, 0.29) is 5.91 Å². The van der Waals surface area contributed by atoms with Gasteiger partial charge in [-0.05, 0) is 23.4 Å². The summed E-state index contributed by atoms with van der Waals surface area (Å²) in [5, 5.41) is 5.95. The second-order valence-corrected chi connectivity index (χ2v) is 7.37. The molecule has 0 N–H and O–H groups in total. The first-order chi connectivity index (χ1) is 12.8. The summed E-state index contributed by atoms with van der Waals surface area (Å²) in [7, 11) is 0. The summed E-state index contributed by atoms with van der Waals surface area (Å²) in [6, 6.07) is 16.2. The van der Waals surface area contributed by atoms with E-state index >= 15 is 0 Å². The van der Waals surface area contributed by atoms with Gasteiger partial charge in [-0.3, -0.25) is 9.69 Å². The van der Waals surface area contributed by atoms with Gasteiger partial charge in [-0.25, -0.2) is 0 Å². The summed E-state index contributed by atoms with van der Waals surface area (Å²) in [4.78, 5) is 17.9. The molecule has 1 aliphatic heterocycles. The van der Waals surface area contributed by atoms with Crippen molar-refractivity contribution in [3.8, 4) is 10.6 Å². The molecule has 3 heterocycles. The van der Waals surface area contributed by atoms with Gasteiger partial charge in [0.05, 0.1) is 4.88 Å². The monoisotopic (exact) mass is 367 g/mol. The van der Waals surface area contributed by atoms with Crippen LogP contribution < -0.4 is 0 Å². The maximum atomic E-state index is 12.7. The van der Waals surface area contributed by atoms with E-state index in [2.05, 4.69) is 34.3 Å². The molecule has 1 fully saturated rings. The predicted molar refractivity (Wildman–Crippen MR) is 102 cm³/mol. The van der Waals surface area contributed by atoms with Crippen LogP contribution in [0.25, 0.3) is 10.6 Å². The summed E-state index contributed by atoms with van der Waals surface area (Å²) in [6.07, 6.45) is 1.04. The molecule has 3 aromatic rings. The number of aromatic nitrogens is 1. The molecule has 0 saturated carbocycles. The van der Waals surface area contributed by atoms with Gasteiger partial charge in [0.1, 0.15) is 0 Å². The van der Waals surface area contributed by atoms with Crippen LogP contribution in [0, 0.1) is 0 Å². The highest BCUT2D eigenvalue weighted by atomic mass is 32.1. The lowest BCUT2D eigenvalue weighted by Gasteiger charge is -2.34. The van der Waals surface area contributed by atoms with Crippen molar-refractivity contribution in [1.82, 2.24) is 15.0 Å². The van der Waals surface area contributed by atoms with Crippen LogP contribution in [0.3, 0.4) is 0 Å². The number of hydrogen-bond acceptors (Lipinski definition) is 5. The van der Waals surface area contributed by atoms with Gasteiger partial charge in [0.2, 0.25) is 0 Å². The van der Waals surface area contributed by atoms with Crippen molar-refractivity contribution in [1.29, 1.82) is 0 Å². The second-order valence-electron chi connectivity index (χ2n) is 6.42. The molecule has 1 saturated heterocycles. The zero-order chi connectivity index (χ0) is 17.8. The topological polar surface area (TPSA) is 49.6 Å². The summed E-state index contributed by atoms with van der Waals surface area (Å²) in [5.41, 5.74) is 1.75. The number of carbonyl (C=O) groups excluding carboxylic acids is 1. The van der Waals surface area contributed by atoms with E-state index in [1.807, 2.05) is 28.5 Å². The maximum Gasteiger partial charge on any atom is 0.276 e. The summed E-state index contributed by atoms with van der Waals surface area (Å²) in [5.74, 6) is 0.615. The van der Waals surface area contributed by atoms with Crippen molar-refractivity contribution < 1.29 is 9.32 Å². The van der Waals surface area contributed by atoms with Gasteiger partial charge in [0.15, 0.2) is 11.5 Å². The van der Waals surface area contributed by atoms with Crippen molar-refractivity contribution in [2.24, 2.45) is 0 Å². The van der Waals surface area contributed by atoms with E-state index < -0.39 is 0 Å². The van der Waals surface area contributed by atoms with Crippen LogP contribution >= 0.6 is 11.3 Å². The molecule has 5 nitrogen and oxygen atoms in total. The van der Waals surface area contributed by atoms with Crippen molar-refractivity contribution >= 4 is 17.2 Å². The van der Waals surface area contributed by atoms with Gasteiger partial charge in [0.25, 0.3) is 5.91 Å². The van der Waals surface area contributed by atoms with Crippen molar-refractivity contribution in [2.75, 3.05) is 32.7 Å². The molecule has 1 aliphatic rings. The Bertz CT molecular complexity index is 837. The van der Waals surface area contributed by atoms with Crippen LogP contribution in [0.2, 0.25) is 0 Å². The first-order valence-corrected chi connectivity index (χ1v) is 9.74. The van der Waals surface area contributed by atoms with Gasteiger partial charge in [-0.1, -0.05) is 41.6 Å². The van der Waals surface area contributed by atoms with E-state index in [1.54, 1.807) is 17.4 Å². The molecule has 0 atom stereocenters. The third kappa shape index (κ3) is 3.86. The van der Waals surface area contributed by atoms with E-state index in [1.165, 1.54) is 5.56 Å². The van der Waals surface area contributed by atoms with E-state index in [9.17, 15) is 4.79 Å². The van der Waals surface area contributed by atoms with Gasteiger partial charge in [0, 0.05) is 38.8 Å². The molecule has 0 aliphatic carbocycles. The standard InChI is InChI=1S/C20H21N3O2S/c24-20(17-15-18(25-21-17)19-7-4-14-26-19)23-12-10-22(11-13-23)9-8-16-5-2-1-3-6-16/h1-7,14-15H,8-13H2. The Morgan fingerprint density at radius 2 is 1.88 bits per heavy atom. The number of rotatable bonds is 5. The van der Waals surface area contributed by atoms with Crippen LogP contribution in [0.4, 0.5) is 0 Å². The Labute approximate surface area is 156 Å². The number of nitrogens with zero attached hydrogens (tertiary/aromatic N) is 3. The fraction of sp³-hybridized carbons (Fsp3) is 0.300. The van der Waals surface area contributed by atoms with E-state index in [0.717, 1.165) is 44.0 Å². The highest BCUT2D eigenvalue weighted by Crippen LogP contribution is 2.25. The van der Waals surface area contributed by atoms with Crippen LogP contribution in [0.5, 0.6) is 0 Å². The molecule has 1 amide bonds. The van der Waals surface area contributed by atoms with Crippen LogP contribution in [-0.4, -0.2) is 53.6 Å². The zero-order valence-corrected chi connectivity index (χ0v) is 15.3. The molecule has 0 bridgehead atoms. The summed E-state index contributed by atoms with van der Waals surface area (Å²) in [6.45, 7) is 4.28. The third-order valence-electron chi connectivity index (χ3n) is 4.71. The Morgan fingerprint density at radius 3 is 2.62 bits per heavy atom. The number of thiophene rings is 1. The minimum Gasteiger partial charge on any atom is -0.355 e. The average Bonchev–Trinajstić information content (AvgIpc) is 3.38. The largest absolute Gasteiger partial charge is 0.355 e. The SMILES string of the molecule is O=C(c1cc(-c2cccs2)on1)N1CCN(CCc2ccccc2)CC1. The highest BCUT2D eigenvalue weighted by molar-refractivity contribution is 7.13. The molecule has 26 heavy (non-hydrogen) atoms. The normalized spacial score (nSPS) is 15.3. The van der Waals surface area contributed by atoms with Gasteiger partial charge < -0.3 is 9.42 Å². The Balaban J connectivity index is 1.29. The van der Waals surface area contributed by atoms with Crippen molar-refractivity contribution in [3.63, 3.8) is 0 Å². The fourth-order valence-electron chi connectivity index (χ4n) is 3.18.